The van der Waals surface area contributed by atoms with Crippen LogP contribution in [-0.4, -0.2) is 32.2 Å². The standard InChI is InChI=1S/C63H41N5OSi/c1-4-19-44(20-5-1)70(45-21-6-2-7-22-45,46-23-8-3-9-24-46)47-38-35-42(36-39-47)61-64-62(53-30-18-29-52-51-28-13-17-34-59(51)69-60(52)53)66-63(65-61)68-57-33-16-12-27-50(57)54-41-43(37-40-58(54)68)67-55-31-14-10-25-48(55)49-26-11-15-32-56(49)67/h1-41H. The molecule has 0 amide bonds. The average Bonchev–Trinajstić information content (AvgIpc) is 4.10. The van der Waals surface area contributed by atoms with Crippen molar-refractivity contribution >= 4 is 94.4 Å². The molecule has 6 nitrogen and oxygen atoms in total. The molecule has 0 aliphatic heterocycles. The third-order valence-electron chi connectivity index (χ3n) is 14.2. The Balaban J connectivity index is 0.996. The Hall–Kier alpha value is -9.17. The predicted molar refractivity (Wildman–Crippen MR) is 290 cm³/mol. The molecule has 70 heavy (non-hydrogen) atoms. The number of benzene rings is 10. The first-order valence-electron chi connectivity index (χ1n) is 23.7. The van der Waals surface area contributed by atoms with Crippen LogP contribution in [0.1, 0.15) is 0 Å². The molecule has 0 saturated carbocycles. The minimum Gasteiger partial charge on any atom is -0.455 e. The Labute approximate surface area is 404 Å². The minimum atomic E-state index is -2.78. The second kappa shape index (κ2) is 16.0. The summed E-state index contributed by atoms with van der Waals surface area (Å²) in [5, 5.41) is 11.9. The van der Waals surface area contributed by atoms with E-state index < -0.39 is 8.07 Å². The van der Waals surface area contributed by atoms with Gasteiger partial charge in [0.2, 0.25) is 5.95 Å². The lowest BCUT2D eigenvalue weighted by atomic mass is 10.1. The molecule has 0 aliphatic rings. The van der Waals surface area contributed by atoms with E-state index in [2.05, 4.69) is 240 Å². The Morgan fingerprint density at radius 1 is 0.329 bits per heavy atom. The second-order valence-corrected chi connectivity index (χ2v) is 21.7. The van der Waals surface area contributed by atoms with Crippen molar-refractivity contribution in [3.05, 3.63) is 249 Å². The molecule has 0 atom stereocenters. The number of nitrogens with zero attached hydrogens (tertiary/aromatic N) is 5. The summed E-state index contributed by atoms with van der Waals surface area (Å²) in [6.45, 7) is 0. The monoisotopic (exact) mass is 911 g/mol. The summed E-state index contributed by atoms with van der Waals surface area (Å²) in [5.41, 5.74) is 8.66. The molecule has 7 heteroatoms. The van der Waals surface area contributed by atoms with Gasteiger partial charge >= 0.3 is 0 Å². The largest absolute Gasteiger partial charge is 0.455 e. The Kier molecular flexibility index (Phi) is 9.12. The fraction of sp³-hybridized carbons (Fsp3) is 0. The molecule has 14 rings (SSSR count). The van der Waals surface area contributed by atoms with E-state index in [9.17, 15) is 0 Å². The van der Waals surface area contributed by atoms with Gasteiger partial charge in [0.25, 0.3) is 0 Å². The first kappa shape index (κ1) is 39.9. The number of aromatic nitrogens is 5. The van der Waals surface area contributed by atoms with Gasteiger partial charge < -0.3 is 8.98 Å². The van der Waals surface area contributed by atoms with Gasteiger partial charge in [-0.1, -0.05) is 200 Å². The summed E-state index contributed by atoms with van der Waals surface area (Å²) < 4.78 is 11.2. The lowest BCUT2D eigenvalue weighted by Gasteiger charge is -2.34. The zero-order valence-electron chi connectivity index (χ0n) is 37.8. The Morgan fingerprint density at radius 2 is 0.800 bits per heavy atom. The summed E-state index contributed by atoms with van der Waals surface area (Å²) in [7, 11) is -2.78. The first-order chi connectivity index (χ1) is 34.7. The van der Waals surface area contributed by atoms with E-state index >= 15 is 0 Å². The van der Waals surface area contributed by atoms with E-state index in [1.54, 1.807) is 0 Å². The highest BCUT2D eigenvalue weighted by Crippen LogP contribution is 2.39. The molecule has 0 aliphatic carbocycles. The molecule has 0 N–H and O–H groups in total. The van der Waals surface area contributed by atoms with Gasteiger partial charge in [-0.05, 0) is 69.3 Å². The molecule has 10 aromatic carbocycles. The predicted octanol–water partition coefficient (Wildman–Crippen LogP) is 12.7. The normalized spacial score (nSPS) is 12.0. The van der Waals surface area contributed by atoms with Crippen LogP contribution in [0.4, 0.5) is 0 Å². The van der Waals surface area contributed by atoms with Gasteiger partial charge in [-0.15, -0.1) is 0 Å². The molecular formula is C63H41N5OSi. The lowest BCUT2D eigenvalue weighted by Crippen LogP contribution is -2.74. The molecule has 4 aromatic heterocycles. The Bertz CT molecular complexity index is 4140. The van der Waals surface area contributed by atoms with Crippen molar-refractivity contribution in [2.45, 2.75) is 0 Å². The van der Waals surface area contributed by atoms with Crippen molar-refractivity contribution in [3.8, 4) is 34.4 Å². The van der Waals surface area contributed by atoms with Crippen molar-refractivity contribution in [2.24, 2.45) is 0 Å². The van der Waals surface area contributed by atoms with Crippen molar-refractivity contribution in [1.82, 2.24) is 24.1 Å². The summed E-state index contributed by atoms with van der Waals surface area (Å²) in [6.07, 6.45) is 0. The van der Waals surface area contributed by atoms with Gasteiger partial charge in [0.05, 0.1) is 27.6 Å². The number of hydrogen-bond donors (Lipinski definition) is 0. The van der Waals surface area contributed by atoms with Crippen LogP contribution in [0.15, 0.2) is 253 Å². The minimum absolute atomic E-state index is 0.523. The molecule has 14 aromatic rings. The molecular weight excluding hydrogens is 871 g/mol. The fourth-order valence-corrected chi connectivity index (χ4v) is 15.8. The molecule has 328 valence electrons. The topological polar surface area (TPSA) is 61.7 Å². The quantitative estimate of drug-likeness (QED) is 0.113. The smallest absolute Gasteiger partial charge is 0.238 e. The van der Waals surface area contributed by atoms with Crippen LogP contribution in [0, 0.1) is 0 Å². The zero-order valence-corrected chi connectivity index (χ0v) is 38.8. The summed E-state index contributed by atoms with van der Waals surface area (Å²) in [6, 6.07) is 89.0. The van der Waals surface area contributed by atoms with Gasteiger partial charge in [0.1, 0.15) is 11.2 Å². The van der Waals surface area contributed by atoms with Crippen LogP contribution in [0.5, 0.6) is 0 Å². The number of para-hydroxylation sites is 5. The maximum atomic E-state index is 6.64. The molecule has 0 spiro atoms. The molecule has 0 fully saturated rings. The average molecular weight is 912 g/mol. The fourth-order valence-electron chi connectivity index (χ4n) is 11.1. The van der Waals surface area contributed by atoms with Gasteiger partial charge in [-0.3, -0.25) is 4.57 Å². The maximum Gasteiger partial charge on any atom is 0.238 e. The first-order valence-corrected chi connectivity index (χ1v) is 25.7. The second-order valence-electron chi connectivity index (χ2n) is 17.9. The SMILES string of the molecule is c1ccc([Si](c2ccccc2)(c2ccccc2)c2ccc(-c3nc(-c4cccc5c4oc4ccccc45)nc(-n4c5ccccc5c5cc(-n6c7ccccc7c7ccccc76)ccc54)n3)cc2)cc1. The van der Waals surface area contributed by atoms with Crippen molar-refractivity contribution in [1.29, 1.82) is 0 Å². The van der Waals surface area contributed by atoms with Gasteiger partial charge in [0.15, 0.2) is 19.7 Å². The summed E-state index contributed by atoms with van der Waals surface area (Å²) >= 11 is 0. The number of fused-ring (bicyclic) bond motifs is 9. The third-order valence-corrected chi connectivity index (χ3v) is 19.0. The van der Waals surface area contributed by atoms with Crippen LogP contribution >= 0.6 is 0 Å². The zero-order chi connectivity index (χ0) is 46.2. The third kappa shape index (κ3) is 6.08. The summed E-state index contributed by atoms with van der Waals surface area (Å²) in [4.78, 5) is 16.2. The lowest BCUT2D eigenvalue weighted by molar-refractivity contribution is 0.669. The highest BCUT2D eigenvalue weighted by atomic mass is 28.3. The van der Waals surface area contributed by atoms with E-state index in [0.717, 1.165) is 60.6 Å². The highest BCUT2D eigenvalue weighted by Gasteiger charge is 2.41. The van der Waals surface area contributed by atoms with E-state index in [1.165, 1.54) is 42.6 Å². The molecule has 0 bridgehead atoms. The van der Waals surface area contributed by atoms with Gasteiger partial charge in [0, 0.05) is 43.6 Å². The van der Waals surface area contributed by atoms with Crippen LogP contribution < -0.4 is 20.7 Å². The van der Waals surface area contributed by atoms with Gasteiger partial charge in [-0.25, -0.2) is 4.98 Å². The number of rotatable bonds is 8. The van der Waals surface area contributed by atoms with E-state index in [0.29, 0.717) is 17.6 Å². The molecule has 4 heterocycles. The molecule has 0 radical (unpaired) electrons. The van der Waals surface area contributed by atoms with E-state index in [1.807, 2.05) is 18.2 Å². The van der Waals surface area contributed by atoms with Crippen LogP contribution in [0.25, 0.3) is 100.0 Å². The van der Waals surface area contributed by atoms with E-state index in [4.69, 9.17) is 19.4 Å². The van der Waals surface area contributed by atoms with Crippen LogP contribution in [0.3, 0.4) is 0 Å². The maximum absolute atomic E-state index is 6.64. The Morgan fingerprint density at radius 3 is 1.41 bits per heavy atom. The number of furan rings is 1. The number of hydrogen-bond acceptors (Lipinski definition) is 4. The molecule has 0 saturated heterocycles. The van der Waals surface area contributed by atoms with Crippen molar-refractivity contribution in [2.75, 3.05) is 0 Å². The van der Waals surface area contributed by atoms with Crippen molar-refractivity contribution < 1.29 is 4.42 Å². The van der Waals surface area contributed by atoms with Crippen LogP contribution in [0.2, 0.25) is 0 Å². The summed E-state index contributed by atoms with van der Waals surface area (Å²) in [5.74, 6) is 1.62. The van der Waals surface area contributed by atoms with Gasteiger partial charge in [-0.2, -0.15) is 9.97 Å². The van der Waals surface area contributed by atoms with Crippen LogP contribution in [-0.2, 0) is 0 Å². The van der Waals surface area contributed by atoms with E-state index in [-0.39, 0.29) is 0 Å². The highest BCUT2D eigenvalue weighted by molar-refractivity contribution is 7.19. The molecule has 0 unspecified atom stereocenters. The van der Waals surface area contributed by atoms with Crippen molar-refractivity contribution in [3.63, 3.8) is 0 Å².